The van der Waals surface area contributed by atoms with Gasteiger partial charge in [0.2, 0.25) is 17.7 Å². The summed E-state index contributed by atoms with van der Waals surface area (Å²) < 4.78 is 5.72. The van der Waals surface area contributed by atoms with Crippen molar-refractivity contribution in [2.75, 3.05) is 6.54 Å². The number of fused-ring (bicyclic) bond motifs is 6. The van der Waals surface area contributed by atoms with Gasteiger partial charge in [-0.2, -0.15) is 0 Å². The third-order valence-corrected chi connectivity index (χ3v) is 6.33. The maximum absolute atomic E-state index is 12.6. The zero-order chi connectivity index (χ0) is 18.5. The van der Waals surface area contributed by atoms with Crippen molar-refractivity contribution >= 4 is 17.7 Å². The summed E-state index contributed by atoms with van der Waals surface area (Å²) in [6, 6.07) is 6.23. The highest BCUT2D eigenvalue weighted by Crippen LogP contribution is 2.48. The minimum atomic E-state index is -0.320. The van der Waals surface area contributed by atoms with Crippen molar-refractivity contribution in [3.05, 3.63) is 34.9 Å². The molecular formula is C20H23N3O4. The number of nitrogens with one attached hydrogen (secondary N) is 2. The Labute approximate surface area is 157 Å². The third kappa shape index (κ3) is 2.76. The highest BCUT2D eigenvalue weighted by atomic mass is 16.5. The summed E-state index contributed by atoms with van der Waals surface area (Å²) in [6.07, 6.45) is 1.64. The van der Waals surface area contributed by atoms with E-state index in [-0.39, 0.29) is 54.7 Å². The third-order valence-electron chi connectivity index (χ3n) is 6.33. The number of amides is 3. The van der Waals surface area contributed by atoms with Crippen LogP contribution in [0.15, 0.2) is 18.2 Å². The molecule has 5 rings (SSSR count). The lowest BCUT2D eigenvalue weighted by atomic mass is 9.81. The number of benzene rings is 1. The van der Waals surface area contributed by atoms with E-state index >= 15 is 0 Å². The van der Waals surface area contributed by atoms with Gasteiger partial charge in [-0.25, -0.2) is 0 Å². The van der Waals surface area contributed by atoms with Crippen LogP contribution in [0.2, 0.25) is 0 Å². The lowest BCUT2D eigenvalue weighted by Crippen LogP contribution is -2.37. The Bertz CT molecular complexity index is 795. The Morgan fingerprint density at radius 3 is 2.56 bits per heavy atom. The van der Waals surface area contributed by atoms with E-state index in [0.29, 0.717) is 6.54 Å². The SMILES string of the molecule is O=C(CCN1C(=O)C2C3CCC(O3)C2C1=O)NCc1ccc2c(c1)CNC2. The van der Waals surface area contributed by atoms with Crippen molar-refractivity contribution in [1.29, 1.82) is 0 Å². The number of carbonyl (C=O) groups is 3. The first kappa shape index (κ1) is 16.9. The molecular weight excluding hydrogens is 346 g/mol. The molecule has 0 spiro atoms. The van der Waals surface area contributed by atoms with Gasteiger partial charge in [-0.05, 0) is 29.5 Å². The first-order chi connectivity index (χ1) is 13.1. The van der Waals surface area contributed by atoms with Gasteiger partial charge in [0.1, 0.15) is 0 Å². The standard InChI is InChI=1S/C20H23N3O4/c24-16(22-8-11-1-2-12-9-21-10-13(12)7-11)5-6-23-19(25)17-14-3-4-15(27-14)18(17)20(23)26/h1-2,7,14-15,17-18,21H,3-6,8-10H2,(H,22,24). The van der Waals surface area contributed by atoms with E-state index in [1.807, 2.05) is 6.07 Å². The molecule has 27 heavy (non-hydrogen) atoms. The summed E-state index contributed by atoms with van der Waals surface area (Å²) in [7, 11) is 0. The predicted molar refractivity (Wildman–Crippen MR) is 95.0 cm³/mol. The first-order valence-corrected chi connectivity index (χ1v) is 9.70. The number of hydrogen-bond donors (Lipinski definition) is 2. The second kappa shape index (κ2) is 6.42. The van der Waals surface area contributed by atoms with E-state index in [0.717, 1.165) is 31.5 Å². The molecule has 3 fully saturated rings. The summed E-state index contributed by atoms with van der Waals surface area (Å²) in [5, 5.41) is 6.19. The van der Waals surface area contributed by atoms with Crippen LogP contribution in [0.25, 0.3) is 0 Å². The smallest absolute Gasteiger partial charge is 0.235 e. The summed E-state index contributed by atoms with van der Waals surface area (Å²) in [5.74, 6) is -1.10. The molecule has 2 N–H and O–H groups in total. The van der Waals surface area contributed by atoms with E-state index in [1.165, 1.54) is 16.0 Å². The molecule has 0 aromatic heterocycles. The van der Waals surface area contributed by atoms with E-state index in [2.05, 4.69) is 22.8 Å². The van der Waals surface area contributed by atoms with Gasteiger partial charge in [-0.3, -0.25) is 19.3 Å². The normalized spacial score (nSPS) is 30.7. The highest BCUT2D eigenvalue weighted by Gasteiger charge is 2.62. The largest absolute Gasteiger partial charge is 0.373 e. The average Bonchev–Trinajstić information content (AvgIpc) is 3.43. The van der Waals surface area contributed by atoms with Crippen LogP contribution < -0.4 is 10.6 Å². The molecule has 142 valence electrons. The van der Waals surface area contributed by atoms with Crippen molar-refractivity contribution in [2.24, 2.45) is 11.8 Å². The Kier molecular flexibility index (Phi) is 4.02. The average molecular weight is 369 g/mol. The number of carbonyl (C=O) groups excluding carboxylic acids is 3. The van der Waals surface area contributed by atoms with Crippen LogP contribution in [0.1, 0.15) is 36.0 Å². The Morgan fingerprint density at radius 2 is 1.81 bits per heavy atom. The minimum Gasteiger partial charge on any atom is -0.373 e. The maximum Gasteiger partial charge on any atom is 0.235 e. The van der Waals surface area contributed by atoms with Gasteiger partial charge in [0, 0.05) is 32.6 Å². The number of ether oxygens (including phenoxy) is 1. The topological polar surface area (TPSA) is 87.7 Å². The van der Waals surface area contributed by atoms with Gasteiger partial charge < -0.3 is 15.4 Å². The lowest BCUT2D eigenvalue weighted by Gasteiger charge is -2.17. The van der Waals surface area contributed by atoms with Gasteiger partial charge in [-0.15, -0.1) is 0 Å². The summed E-state index contributed by atoms with van der Waals surface area (Å²) in [5.41, 5.74) is 3.64. The fourth-order valence-electron chi connectivity index (χ4n) is 4.95. The van der Waals surface area contributed by atoms with Crippen LogP contribution in [0.5, 0.6) is 0 Å². The molecule has 4 heterocycles. The van der Waals surface area contributed by atoms with Gasteiger partial charge in [-0.1, -0.05) is 18.2 Å². The highest BCUT2D eigenvalue weighted by molar-refractivity contribution is 6.06. The number of rotatable bonds is 5. The molecule has 2 bridgehead atoms. The molecule has 4 unspecified atom stereocenters. The van der Waals surface area contributed by atoms with E-state index in [9.17, 15) is 14.4 Å². The lowest BCUT2D eigenvalue weighted by molar-refractivity contribution is -0.142. The number of likely N-dealkylation sites (tertiary alicyclic amines) is 1. The number of imide groups is 1. The summed E-state index contributed by atoms with van der Waals surface area (Å²) in [4.78, 5) is 38.6. The van der Waals surface area contributed by atoms with Gasteiger partial charge in [0.15, 0.2) is 0 Å². The summed E-state index contributed by atoms with van der Waals surface area (Å²) in [6.45, 7) is 2.38. The first-order valence-electron chi connectivity index (χ1n) is 9.70. The van der Waals surface area contributed by atoms with Crippen molar-refractivity contribution < 1.29 is 19.1 Å². The van der Waals surface area contributed by atoms with Crippen LogP contribution in [0, 0.1) is 11.8 Å². The van der Waals surface area contributed by atoms with Gasteiger partial charge in [0.05, 0.1) is 24.0 Å². The minimum absolute atomic E-state index is 0.107. The Balaban J connectivity index is 1.14. The number of hydrogen-bond acceptors (Lipinski definition) is 5. The molecule has 4 atom stereocenters. The van der Waals surface area contributed by atoms with Crippen LogP contribution in [-0.4, -0.2) is 41.4 Å². The van der Waals surface area contributed by atoms with Crippen LogP contribution in [-0.2, 0) is 38.8 Å². The van der Waals surface area contributed by atoms with Crippen LogP contribution in [0.3, 0.4) is 0 Å². The molecule has 0 saturated carbocycles. The predicted octanol–water partition coefficient (Wildman–Crippen LogP) is 0.459. The van der Waals surface area contributed by atoms with Crippen LogP contribution >= 0.6 is 0 Å². The number of nitrogens with zero attached hydrogens (tertiary/aromatic N) is 1. The van der Waals surface area contributed by atoms with Gasteiger partial charge in [0.25, 0.3) is 0 Å². The maximum atomic E-state index is 12.6. The molecule has 3 saturated heterocycles. The summed E-state index contributed by atoms with van der Waals surface area (Å²) >= 11 is 0. The molecule has 0 aliphatic carbocycles. The zero-order valence-corrected chi connectivity index (χ0v) is 15.1. The second-order valence-electron chi connectivity index (χ2n) is 7.90. The Morgan fingerprint density at radius 1 is 1.11 bits per heavy atom. The van der Waals surface area contributed by atoms with E-state index < -0.39 is 0 Å². The van der Waals surface area contributed by atoms with E-state index in [1.54, 1.807) is 0 Å². The fourth-order valence-corrected chi connectivity index (χ4v) is 4.95. The van der Waals surface area contributed by atoms with Crippen LogP contribution in [0.4, 0.5) is 0 Å². The molecule has 3 amide bonds. The second-order valence-corrected chi connectivity index (χ2v) is 7.90. The molecule has 7 nitrogen and oxygen atoms in total. The van der Waals surface area contributed by atoms with Crippen molar-refractivity contribution in [3.8, 4) is 0 Å². The fraction of sp³-hybridized carbons (Fsp3) is 0.550. The van der Waals surface area contributed by atoms with Crippen molar-refractivity contribution in [3.63, 3.8) is 0 Å². The van der Waals surface area contributed by atoms with Gasteiger partial charge >= 0.3 is 0 Å². The molecule has 4 aliphatic rings. The van der Waals surface area contributed by atoms with Crippen molar-refractivity contribution in [1.82, 2.24) is 15.5 Å². The quantitative estimate of drug-likeness (QED) is 0.737. The zero-order valence-electron chi connectivity index (χ0n) is 15.1. The van der Waals surface area contributed by atoms with E-state index in [4.69, 9.17) is 4.74 Å². The van der Waals surface area contributed by atoms with Crippen molar-refractivity contribution in [2.45, 2.75) is 51.1 Å². The molecule has 1 aromatic rings. The molecule has 0 radical (unpaired) electrons. The Hall–Kier alpha value is -2.25. The molecule has 1 aromatic carbocycles. The molecule has 7 heteroatoms. The molecule has 4 aliphatic heterocycles. The monoisotopic (exact) mass is 369 g/mol.